The van der Waals surface area contributed by atoms with Crippen LogP contribution < -0.4 is 11.0 Å². The molecule has 0 aliphatic carbocycles. The zero-order chi connectivity index (χ0) is 15.2. The summed E-state index contributed by atoms with van der Waals surface area (Å²) in [4.78, 5) is 18.7. The number of H-pyrrole nitrogens is 1. The first-order valence-electron chi connectivity index (χ1n) is 6.82. The molecule has 2 N–H and O–H groups in total. The standard InChI is InChI=1S/C17H14N4O/c22-16-11-15(14-9-5-2-6-10-14)19-17(20-16)21-18-12-13-7-3-1-4-8-13/h1-12H,(H2,19,20,21,22)/b18-12+. The van der Waals surface area contributed by atoms with Crippen LogP contribution >= 0.6 is 0 Å². The first kappa shape index (κ1) is 13.8. The van der Waals surface area contributed by atoms with Crippen molar-refractivity contribution < 1.29 is 0 Å². The number of hydrogen-bond acceptors (Lipinski definition) is 4. The molecular weight excluding hydrogens is 276 g/mol. The smallest absolute Gasteiger partial charge is 0.252 e. The van der Waals surface area contributed by atoms with Crippen LogP contribution in [-0.4, -0.2) is 16.2 Å². The highest BCUT2D eigenvalue weighted by Gasteiger charge is 2.02. The van der Waals surface area contributed by atoms with E-state index < -0.39 is 0 Å². The molecule has 0 aliphatic heterocycles. The molecule has 5 heteroatoms. The quantitative estimate of drug-likeness (QED) is 0.573. The molecule has 0 fully saturated rings. The van der Waals surface area contributed by atoms with Gasteiger partial charge >= 0.3 is 0 Å². The molecule has 0 aliphatic rings. The second-order valence-electron chi connectivity index (χ2n) is 4.63. The van der Waals surface area contributed by atoms with Gasteiger partial charge in [0.15, 0.2) is 0 Å². The topological polar surface area (TPSA) is 70.1 Å². The Morgan fingerprint density at radius 3 is 2.41 bits per heavy atom. The van der Waals surface area contributed by atoms with E-state index in [9.17, 15) is 4.79 Å². The molecular formula is C17H14N4O. The first-order chi connectivity index (χ1) is 10.8. The molecule has 1 heterocycles. The van der Waals surface area contributed by atoms with Gasteiger partial charge in [-0.25, -0.2) is 10.4 Å². The first-order valence-corrected chi connectivity index (χ1v) is 6.82. The molecule has 0 bridgehead atoms. The van der Waals surface area contributed by atoms with Crippen LogP contribution in [0.4, 0.5) is 5.95 Å². The molecule has 0 saturated heterocycles. The molecule has 3 aromatic rings. The molecule has 3 rings (SSSR count). The van der Waals surface area contributed by atoms with Crippen molar-refractivity contribution in [1.29, 1.82) is 0 Å². The van der Waals surface area contributed by atoms with Crippen molar-refractivity contribution >= 4 is 12.2 Å². The number of nitrogens with zero attached hydrogens (tertiary/aromatic N) is 2. The Bertz CT molecular complexity index is 826. The number of rotatable bonds is 4. The average Bonchev–Trinajstić information content (AvgIpc) is 2.56. The van der Waals surface area contributed by atoms with Gasteiger partial charge in [0.05, 0.1) is 11.9 Å². The second kappa shape index (κ2) is 6.49. The highest BCUT2D eigenvalue weighted by Crippen LogP contribution is 2.15. The van der Waals surface area contributed by atoms with Gasteiger partial charge in [-0.1, -0.05) is 60.7 Å². The maximum Gasteiger partial charge on any atom is 0.252 e. The Labute approximate surface area is 127 Å². The molecule has 0 atom stereocenters. The summed E-state index contributed by atoms with van der Waals surface area (Å²) in [5.74, 6) is 0.304. The van der Waals surface area contributed by atoms with Gasteiger partial charge in [0.25, 0.3) is 5.56 Å². The van der Waals surface area contributed by atoms with Crippen molar-refractivity contribution in [3.63, 3.8) is 0 Å². The minimum atomic E-state index is -0.230. The molecule has 0 amide bonds. The monoisotopic (exact) mass is 290 g/mol. The van der Waals surface area contributed by atoms with Crippen LogP contribution in [0.1, 0.15) is 5.56 Å². The van der Waals surface area contributed by atoms with E-state index in [1.165, 1.54) is 6.07 Å². The van der Waals surface area contributed by atoms with E-state index >= 15 is 0 Å². The maximum atomic E-state index is 11.7. The predicted octanol–water partition coefficient (Wildman–Crippen LogP) is 2.88. The highest BCUT2D eigenvalue weighted by molar-refractivity contribution is 5.79. The molecule has 108 valence electrons. The molecule has 0 spiro atoms. The van der Waals surface area contributed by atoms with E-state index in [1.807, 2.05) is 60.7 Å². The summed E-state index contributed by atoms with van der Waals surface area (Å²) >= 11 is 0. The largest absolute Gasteiger partial charge is 0.291 e. The van der Waals surface area contributed by atoms with Gasteiger partial charge in [0.2, 0.25) is 5.95 Å². The van der Waals surface area contributed by atoms with Gasteiger partial charge in [0.1, 0.15) is 0 Å². The van der Waals surface area contributed by atoms with Crippen LogP contribution in [0.5, 0.6) is 0 Å². The third-order valence-corrected chi connectivity index (χ3v) is 2.99. The Hall–Kier alpha value is -3.21. The van der Waals surface area contributed by atoms with Crippen LogP contribution in [0.2, 0.25) is 0 Å². The normalized spacial score (nSPS) is 10.7. The van der Waals surface area contributed by atoms with E-state index in [4.69, 9.17) is 0 Å². The van der Waals surface area contributed by atoms with Gasteiger partial charge < -0.3 is 0 Å². The summed E-state index contributed by atoms with van der Waals surface area (Å²) < 4.78 is 0. The van der Waals surface area contributed by atoms with Crippen molar-refractivity contribution in [3.8, 4) is 11.3 Å². The summed E-state index contributed by atoms with van der Waals surface area (Å²) in [6.45, 7) is 0. The Morgan fingerprint density at radius 2 is 1.68 bits per heavy atom. The van der Waals surface area contributed by atoms with Crippen molar-refractivity contribution in [3.05, 3.63) is 82.6 Å². The lowest BCUT2D eigenvalue weighted by molar-refractivity contribution is 1.09. The van der Waals surface area contributed by atoms with E-state index in [0.717, 1.165) is 11.1 Å². The third-order valence-electron chi connectivity index (χ3n) is 2.99. The summed E-state index contributed by atoms with van der Waals surface area (Å²) in [7, 11) is 0. The maximum absolute atomic E-state index is 11.7. The van der Waals surface area contributed by atoms with Gasteiger partial charge in [0, 0.05) is 11.6 Å². The van der Waals surface area contributed by atoms with Crippen LogP contribution in [0.25, 0.3) is 11.3 Å². The molecule has 1 aromatic heterocycles. The number of hydrazone groups is 1. The van der Waals surface area contributed by atoms with Gasteiger partial charge in [-0.05, 0) is 5.56 Å². The third kappa shape index (κ3) is 3.46. The van der Waals surface area contributed by atoms with E-state index in [-0.39, 0.29) is 5.56 Å². The van der Waals surface area contributed by atoms with E-state index in [0.29, 0.717) is 11.6 Å². The molecule has 5 nitrogen and oxygen atoms in total. The molecule has 0 unspecified atom stereocenters. The van der Waals surface area contributed by atoms with E-state index in [2.05, 4.69) is 20.5 Å². The minimum Gasteiger partial charge on any atom is -0.291 e. The lowest BCUT2D eigenvalue weighted by Gasteiger charge is -2.03. The van der Waals surface area contributed by atoms with Crippen molar-refractivity contribution in [2.45, 2.75) is 0 Å². The minimum absolute atomic E-state index is 0.230. The fourth-order valence-electron chi connectivity index (χ4n) is 1.97. The zero-order valence-electron chi connectivity index (χ0n) is 11.7. The fraction of sp³-hybridized carbons (Fsp3) is 0. The van der Waals surface area contributed by atoms with Crippen molar-refractivity contribution in [1.82, 2.24) is 9.97 Å². The summed E-state index contributed by atoms with van der Waals surface area (Å²) in [6, 6.07) is 20.6. The number of nitrogens with one attached hydrogen (secondary N) is 2. The van der Waals surface area contributed by atoms with Crippen LogP contribution in [0.15, 0.2) is 76.6 Å². The molecule has 0 radical (unpaired) electrons. The zero-order valence-corrected chi connectivity index (χ0v) is 11.7. The number of anilines is 1. The van der Waals surface area contributed by atoms with Crippen molar-refractivity contribution in [2.24, 2.45) is 5.10 Å². The van der Waals surface area contributed by atoms with E-state index in [1.54, 1.807) is 6.21 Å². The Kier molecular flexibility index (Phi) is 4.06. The summed E-state index contributed by atoms with van der Waals surface area (Å²) in [5, 5.41) is 4.08. The summed E-state index contributed by atoms with van der Waals surface area (Å²) in [5.41, 5.74) is 4.95. The number of aromatic amines is 1. The fourth-order valence-corrected chi connectivity index (χ4v) is 1.97. The SMILES string of the molecule is O=c1cc(-c2ccccc2)nc(N/N=C/c2ccccc2)[nH]1. The lowest BCUT2D eigenvalue weighted by atomic mass is 10.1. The second-order valence-corrected chi connectivity index (χ2v) is 4.63. The average molecular weight is 290 g/mol. The summed E-state index contributed by atoms with van der Waals surface area (Å²) in [6.07, 6.45) is 1.66. The molecule has 22 heavy (non-hydrogen) atoms. The highest BCUT2D eigenvalue weighted by atomic mass is 16.1. The van der Waals surface area contributed by atoms with Gasteiger partial charge in [-0.3, -0.25) is 9.78 Å². The van der Waals surface area contributed by atoms with Crippen LogP contribution in [0.3, 0.4) is 0 Å². The molecule has 2 aromatic carbocycles. The predicted molar refractivity (Wildman–Crippen MR) is 88.0 cm³/mol. The Morgan fingerprint density at radius 1 is 1.00 bits per heavy atom. The van der Waals surface area contributed by atoms with Crippen LogP contribution in [-0.2, 0) is 0 Å². The Balaban J connectivity index is 1.81. The van der Waals surface area contributed by atoms with Crippen molar-refractivity contribution in [2.75, 3.05) is 5.43 Å². The number of hydrogen-bond donors (Lipinski definition) is 2. The number of aromatic nitrogens is 2. The lowest BCUT2D eigenvalue weighted by Crippen LogP contribution is -2.10. The van der Waals surface area contributed by atoms with Gasteiger partial charge in [-0.15, -0.1) is 0 Å². The number of benzene rings is 2. The van der Waals surface area contributed by atoms with Crippen LogP contribution in [0, 0.1) is 0 Å². The molecule has 0 saturated carbocycles. The van der Waals surface area contributed by atoms with Gasteiger partial charge in [-0.2, -0.15) is 5.10 Å².